The van der Waals surface area contributed by atoms with E-state index in [1.807, 2.05) is 60.0 Å². The fourth-order valence-electron chi connectivity index (χ4n) is 5.57. The van der Waals surface area contributed by atoms with Crippen molar-refractivity contribution >= 4 is 27.7 Å². The highest BCUT2D eigenvalue weighted by molar-refractivity contribution is 6.07. The van der Waals surface area contributed by atoms with Crippen molar-refractivity contribution in [3.05, 3.63) is 95.1 Å². The number of para-hydroxylation sites is 1. The van der Waals surface area contributed by atoms with Crippen LogP contribution in [-0.2, 0) is 26.9 Å². The van der Waals surface area contributed by atoms with E-state index in [-0.39, 0.29) is 11.9 Å². The quantitative estimate of drug-likeness (QED) is 0.399. The lowest BCUT2D eigenvalue weighted by Gasteiger charge is -2.36. The Labute approximate surface area is 198 Å². The summed E-state index contributed by atoms with van der Waals surface area (Å²) >= 11 is 0. The second kappa shape index (κ2) is 7.83. The van der Waals surface area contributed by atoms with Gasteiger partial charge < -0.3 is 9.47 Å². The van der Waals surface area contributed by atoms with Crippen molar-refractivity contribution in [1.82, 2.24) is 24.2 Å². The van der Waals surface area contributed by atoms with Crippen LogP contribution < -0.4 is 0 Å². The molecule has 6 rings (SSSR count). The molecule has 6 nitrogen and oxygen atoms in total. The normalized spacial score (nSPS) is 15.7. The molecule has 1 unspecified atom stereocenters. The Hall–Kier alpha value is -3.93. The Balaban J connectivity index is 1.45. The number of carbonyl (C=O) groups excluding carboxylic acids is 1. The van der Waals surface area contributed by atoms with Crippen molar-refractivity contribution in [3.8, 4) is 0 Å². The molecule has 1 aliphatic heterocycles. The lowest BCUT2D eigenvalue weighted by atomic mass is 9.90. The van der Waals surface area contributed by atoms with Gasteiger partial charge in [0.05, 0.1) is 22.8 Å². The van der Waals surface area contributed by atoms with Crippen LogP contribution in [0.25, 0.3) is 21.8 Å². The average Bonchev–Trinajstić information content (AvgIpc) is 3.34. The van der Waals surface area contributed by atoms with Crippen LogP contribution in [0.2, 0.25) is 0 Å². The van der Waals surface area contributed by atoms with Gasteiger partial charge in [0, 0.05) is 67.0 Å². The van der Waals surface area contributed by atoms with Gasteiger partial charge in [-0.1, -0.05) is 36.4 Å². The van der Waals surface area contributed by atoms with Crippen LogP contribution in [0.4, 0.5) is 0 Å². The molecule has 0 bridgehead atoms. The van der Waals surface area contributed by atoms with Crippen molar-refractivity contribution < 1.29 is 4.79 Å². The van der Waals surface area contributed by atoms with Gasteiger partial charge in [0.1, 0.15) is 0 Å². The molecule has 0 N–H and O–H groups in total. The van der Waals surface area contributed by atoms with Crippen molar-refractivity contribution in [3.63, 3.8) is 0 Å². The van der Waals surface area contributed by atoms with Gasteiger partial charge in [0.15, 0.2) is 0 Å². The Morgan fingerprint density at radius 2 is 1.94 bits per heavy atom. The van der Waals surface area contributed by atoms with Gasteiger partial charge in [-0.05, 0) is 37.1 Å². The summed E-state index contributed by atoms with van der Waals surface area (Å²) in [7, 11) is 4.00. The molecule has 0 fully saturated rings. The SMILES string of the molecule is Cc1nn(C)c2c1C(Cc1ccc3cccnc3c1)N(C(=O)c1cn(C)c3ccccc13)CC2. The molecule has 0 saturated carbocycles. The second-order valence-electron chi connectivity index (χ2n) is 9.24. The Bertz CT molecular complexity index is 1560. The zero-order valence-corrected chi connectivity index (χ0v) is 19.7. The Morgan fingerprint density at radius 1 is 1.09 bits per heavy atom. The van der Waals surface area contributed by atoms with E-state index in [0.717, 1.165) is 45.9 Å². The van der Waals surface area contributed by atoms with Crippen LogP contribution in [-0.4, -0.2) is 36.7 Å². The number of hydrogen-bond donors (Lipinski definition) is 0. The van der Waals surface area contributed by atoms with Crippen molar-refractivity contribution in [2.75, 3.05) is 6.54 Å². The van der Waals surface area contributed by atoms with Crippen molar-refractivity contribution in [2.45, 2.75) is 25.8 Å². The molecule has 1 amide bonds. The second-order valence-corrected chi connectivity index (χ2v) is 9.24. The van der Waals surface area contributed by atoms with E-state index >= 15 is 0 Å². The number of aromatic nitrogens is 4. The van der Waals surface area contributed by atoms with Crippen LogP contribution in [0, 0.1) is 6.92 Å². The number of pyridine rings is 1. The van der Waals surface area contributed by atoms with E-state index in [9.17, 15) is 4.79 Å². The summed E-state index contributed by atoms with van der Waals surface area (Å²) in [6, 6.07) is 18.5. The van der Waals surface area contributed by atoms with Gasteiger partial charge in [-0.2, -0.15) is 5.10 Å². The number of amides is 1. The molecule has 0 radical (unpaired) electrons. The minimum atomic E-state index is -0.0786. The molecule has 0 aliphatic carbocycles. The zero-order valence-electron chi connectivity index (χ0n) is 19.7. The third kappa shape index (κ3) is 3.21. The maximum absolute atomic E-state index is 14.0. The molecular formula is C28H27N5O. The van der Waals surface area contributed by atoms with Gasteiger partial charge >= 0.3 is 0 Å². The number of hydrogen-bond acceptors (Lipinski definition) is 3. The molecule has 6 heteroatoms. The number of nitrogens with zero attached hydrogens (tertiary/aromatic N) is 5. The van der Waals surface area contributed by atoms with Crippen molar-refractivity contribution in [1.29, 1.82) is 0 Å². The van der Waals surface area contributed by atoms with Gasteiger partial charge in [0.25, 0.3) is 5.91 Å². The van der Waals surface area contributed by atoms with Crippen LogP contribution in [0.3, 0.4) is 0 Å². The first kappa shape index (κ1) is 20.7. The number of rotatable bonds is 3. The van der Waals surface area contributed by atoms with Gasteiger partial charge in [-0.3, -0.25) is 14.5 Å². The predicted octanol–water partition coefficient (Wildman–Crippen LogP) is 4.75. The summed E-state index contributed by atoms with van der Waals surface area (Å²) in [6.45, 7) is 2.73. The van der Waals surface area contributed by atoms with Gasteiger partial charge in [0.2, 0.25) is 0 Å². The summed E-state index contributed by atoms with van der Waals surface area (Å²) in [5.74, 6) is 0.0783. The largest absolute Gasteiger partial charge is 0.350 e. The van der Waals surface area contributed by atoms with Crippen LogP contribution in [0.5, 0.6) is 0 Å². The molecule has 5 aromatic rings. The molecule has 1 atom stereocenters. The summed E-state index contributed by atoms with van der Waals surface area (Å²) in [4.78, 5) is 20.6. The number of fused-ring (bicyclic) bond motifs is 3. The first-order valence-electron chi connectivity index (χ1n) is 11.7. The van der Waals surface area contributed by atoms with E-state index < -0.39 is 0 Å². The molecule has 34 heavy (non-hydrogen) atoms. The molecular weight excluding hydrogens is 422 g/mol. The maximum Gasteiger partial charge on any atom is 0.256 e. The van der Waals surface area contributed by atoms with Crippen LogP contribution in [0.15, 0.2) is 67.0 Å². The molecule has 0 saturated heterocycles. The average molecular weight is 450 g/mol. The Morgan fingerprint density at radius 3 is 2.82 bits per heavy atom. The Kier molecular flexibility index (Phi) is 4.76. The first-order chi connectivity index (χ1) is 16.5. The van der Waals surface area contributed by atoms with E-state index in [1.165, 1.54) is 16.8 Å². The van der Waals surface area contributed by atoms with Crippen LogP contribution in [0.1, 0.15) is 38.9 Å². The van der Waals surface area contributed by atoms with Gasteiger partial charge in [-0.15, -0.1) is 0 Å². The van der Waals surface area contributed by atoms with E-state index in [4.69, 9.17) is 5.10 Å². The maximum atomic E-state index is 14.0. The van der Waals surface area contributed by atoms with Crippen molar-refractivity contribution in [2.24, 2.45) is 14.1 Å². The molecule has 3 aromatic heterocycles. The minimum Gasteiger partial charge on any atom is -0.350 e. The summed E-state index contributed by atoms with van der Waals surface area (Å²) in [5, 5.41) is 6.84. The summed E-state index contributed by atoms with van der Waals surface area (Å²) < 4.78 is 4.02. The molecule has 170 valence electrons. The van der Waals surface area contributed by atoms with Gasteiger partial charge in [-0.25, -0.2) is 0 Å². The molecule has 4 heterocycles. The topological polar surface area (TPSA) is 56.0 Å². The monoisotopic (exact) mass is 449 g/mol. The first-order valence-corrected chi connectivity index (χ1v) is 11.7. The third-order valence-corrected chi connectivity index (χ3v) is 7.18. The summed E-state index contributed by atoms with van der Waals surface area (Å²) in [5.41, 5.74) is 7.38. The van der Waals surface area contributed by atoms with E-state index in [1.54, 1.807) is 0 Å². The van der Waals surface area contributed by atoms with E-state index in [0.29, 0.717) is 6.54 Å². The zero-order chi connectivity index (χ0) is 23.4. The smallest absolute Gasteiger partial charge is 0.256 e. The highest BCUT2D eigenvalue weighted by atomic mass is 16.2. The fraction of sp³-hybridized carbons (Fsp3) is 0.250. The highest BCUT2D eigenvalue weighted by Gasteiger charge is 2.36. The molecule has 1 aliphatic rings. The third-order valence-electron chi connectivity index (χ3n) is 7.18. The van der Waals surface area contributed by atoms with Crippen LogP contribution >= 0.6 is 0 Å². The summed E-state index contributed by atoms with van der Waals surface area (Å²) in [6.07, 6.45) is 5.32. The number of benzene rings is 2. The van der Waals surface area contributed by atoms with E-state index in [2.05, 4.69) is 47.1 Å². The lowest BCUT2D eigenvalue weighted by molar-refractivity contribution is 0.0659. The lowest BCUT2D eigenvalue weighted by Crippen LogP contribution is -2.41. The number of aryl methyl sites for hydroxylation is 3. The molecule has 2 aromatic carbocycles. The predicted molar refractivity (Wildman–Crippen MR) is 134 cm³/mol. The number of carbonyl (C=O) groups is 1. The standard InChI is InChI=1S/C28H27N5O/c1-18-27-25(32(3)30-18)12-14-33(28(34)22-17-31(2)24-9-5-4-8-21(22)24)26(27)16-19-10-11-20-7-6-13-29-23(20)15-19/h4-11,13,15,17,26H,12,14,16H2,1-3H3. The fourth-order valence-corrected chi connectivity index (χ4v) is 5.57. The molecule has 0 spiro atoms. The minimum absolute atomic E-state index is 0.0783. The highest BCUT2D eigenvalue weighted by Crippen LogP contribution is 2.37.